The van der Waals surface area contributed by atoms with E-state index in [0.29, 0.717) is 17.7 Å². The summed E-state index contributed by atoms with van der Waals surface area (Å²) in [6.45, 7) is 0. The summed E-state index contributed by atoms with van der Waals surface area (Å²) in [5.74, 6) is 0.557. The first-order valence-corrected chi connectivity index (χ1v) is 8.82. The van der Waals surface area contributed by atoms with Crippen molar-refractivity contribution in [1.29, 1.82) is 0 Å². The fourth-order valence-corrected chi connectivity index (χ4v) is 3.61. The van der Waals surface area contributed by atoms with E-state index in [9.17, 15) is 9.59 Å². The van der Waals surface area contributed by atoms with Crippen molar-refractivity contribution in [2.45, 2.75) is 11.3 Å². The van der Waals surface area contributed by atoms with E-state index < -0.39 is 0 Å². The zero-order valence-electron chi connectivity index (χ0n) is 11.6. The third-order valence-electron chi connectivity index (χ3n) is 3.19. The molecule has 3 rings (SSSR count). The number of fused-ring (bicyclic) bond motifs is 1. The Morgan fingerprint density at radius 2 is 2.09 bits per heavy atom. The number of hydrogen-bond acceptors (Lipinski definition) is 3. The predicted octanol–water partition coefficient (Wildman–Crippen LogP) is 3.98. The fraction of sp³-hybridized carbons (Fsp3) is 0.125. The lowest BCUT2D eigenvalue weighted by molar-refractivity contribution is -0.115. The van der Waals surface area contributed by atoms with Gasteiger partial charge in [-0.1, -0.05) is 6.07 Å². The maximum atomic E-state index is 12.3. The van der Waals surface area contributed by atoms with Gasteiger partial charge in [0.05, 0.1) is 5.69 Å². The summed E-state index contributed by atoms with van der Waals surface area (Å²) in [4.78, 5) is 25.0. The summed E-state index contributed by atoms with van der Waals surface area (Å²) in [6.07, 6.45) is 0.489. The van der Waals surface area contributed by atoms with Crippen LogP contribution in [0.25, 0.3) is 0 Å². The van der Waals surface area contributed by atoms with Crippen LogP contribution in [0.5, 0.6) is 0 Å². The first-order valence-electron chi connectivity index (χ1n) is 6.75. The molecule has 0 spiro atoms. The van der Waals surface area contributed by atoms with Crippen molar-refractivity contribution in [2.24, 2.45) is 0 Å². The first-order chi connectivity index (χ1) is 10.6. The van der Waals surface area contributed by atoms with Gasteiger partial charge >= 0.3 is 0 Å². The molecular formula is C16H13IN2O2S. The maximum Gasteiger partial charge on any atom is 0.255 e. The van der Waals surface area contributed by atoms with Gasteiger partial charge in [0.15, 0.2) is 0 Å². The molecule has 6 heteroatoms. The molecule has 0 aliphatic carbocycles. The van der Waals surface area contributed by atoms with Crippen LogP contribution in [-0.4, -0.2) is 17.6 Å². The van der Waals surface area contributed by atoms with Gasteiger partial charge in [0.1, 0.15) is 0 Å². The summed E-state index contributed by atoms with van der Waals surface area (Å²) < 4.78 is 1.06. The number of carbonyl (C=O) groups excluding carboxylic acids is 2. The SMILES string of the molecule is O=C1CCSc2ccc(C(=O)Nc3cccc(I)c3)cc2N1. The molecule has 0 unspecified atom stereocenters. The van der Waals surface area contributed by atoms with Crippen molar-refractivity contribution in [3.63, 3.8) is 0 Å². The highest BCUT2D eigenvalue weighted by molar-refractivity contribution is 14.1. The molecule has 2 aromatic rings. The Morgan fingerprint density at radius 1 is 1.23 bits per heavy atom. The molecule has 0 saturated carbocycles. The minimum atomic E-state index is -0.187. The van der Waals surface area contributed by atoms with Crippen LogP contribution >= 0.6 is 34.4 Å². The number of hydrogen-bond donors (Lipinski definition) is 2. The van der Waals surface area contributed by atoms with Crippen molar-refractivity contribution in [3.05, 3.63) is 51.6 Å². The Balaban J connectivity index is 1.83. The molecule has 2 aromatic carbocycles. The molecule has 0 radical (unpaired) electrons. The molecule has 0 atom stereocenters. The Morgan fingerprint density at radius 3 is 2.91 bits per heavy atom. The van der Waals surface area contributed by atoms with Crippen LogP contribution in [0.4, 0.5) is 11.4 Å². The molecule has 112 valence electrons. The Labute approximate surface area is 146 Å². The van der Waals surface area contributed by atoms with Gasteiger partial charge < -0.3 is 10.6 Å². The monoisotopic (exact) mass is 424 g/mol. The number of halogens is 1. The number of amides is 2. The predicted molar refractivity (Wildman–Crippen MR) is 97.5 cm³/mol. The largest absolute Gasteiger partial charge is 0.325 e. The van der Waals surface area contributed by atoms with Gasteiger partial charge in [0.2, 0.25) is 5.91 Å². The first kappa shape index (κ1) is 15.4. The number of carbonyl (C=O) groups is 2. The van der Waals surface area contributed by atoms with E-state index in [4.69, 9.17) is 0 Å². The van der Waals surface area contributed by atoms with Gasteiger partial charge in [0.25, 0.3) is 5.91 Å². The second-order valence-electron chi connectivity index (χ2n) is 4.82. The molecule has 0 bridgehead atoms. The number of rotatable bonds is 2. The van der Waals surface area contributed by atoms with Gasteiger partial charge in [-0.05, 0) is 59.0 Å². The lowest BCUT2D eigenvalue weighted by atomic mass is 10.1. The lowest BCUT2D eigenvalue weighted by Gasteiger charge is -2.10. The highest BCUT2D eigenvalue weighted by Gasteiger charge is 2.15. The summed E-state index contributed by atoms with van der Waals surface area (Å²) >= 11 is 3.82. The van der Waals surface area contributed by atoms with Gasteiger partial charge in [-0.15, -0.1) is 11.8 Å². The molecule has 0 fully saturated rings. The van der Waals surface area contributed by atoms with Crippen molar-refractivity contribution < 1.29 is 9.59 Å². The van der Waals surface area contributed by atoms with E-state index in [1.807, 2.05) is 30.3 Å². The normalized spacial score (nSPS) is 13.8. The molecule has 22 heavy (non-hydrogen) atoms. The minimum absolute atomic E-state index is 0.0126. The van der Waals surface area contributed by atoms with Gasteiger partial charge in [-0.25, -0.2) is 0 Å². The van der Waals surface area contributed by atoms with Crippen molar-refractivity contribution in [1.82, 2.24) is 0 Å². The topological polar surface area (TPSA) is 58.2 Å². The average molecular weight is 424 g/mol. The van der Waals surface area contributed by atoms with Crippen molar-refractivity contribution >= 4 is 57.5 Å². The average Bonchev–Trinajstić information content (AvgIpc) is 2.67. The number of anilines is 2. The van der Waals surface area contributed by atoms with E-state index in [0.717, 1.165) is 19.9 Å². The van der Waals surface area contributed by atoms with Gasteiger partial charge in [-0.2, -0.15) is 0 Å². The van der Waals surface area contributed by atoms with Crippen LogP contribution in [0, 0.1) is 3.57 Å². The molecule has 1 aliphatic rings. The zero-order chi connectivity index (χ0) is 15.5. The minimum Gasteiger partial charge on any atom is -0.325 e. The molecule has 4 nitrogen and oxygen atoms in total. The molecule has 0 aromatic heterocycles. The third-order valence-corrected chi connectivity index (χ3v) is 4.93. The smallest absolute Gasteiger partial charge is 0.255 e. The molecule has 2 N–H and O–H groups in total. The highest BCUT2D eigenvalue weighted by atomic mass is 127. The standard InChI is InChI=1S/C16H13IN2O2S/c17-11-2-1-3-12(9-11)18-16(21)10-4-5-14-13(8-10)19-15(20)6-7-22-14/h1-5,8-9H,6-7H2,(H,18,21)(H,19,20). The van der Waals surface area contributed by atoms with Crippen molar-refractivity contribution in [2.75, 3.05) is 16.4 Å². The summed E-state index contributed by atoms with van der Waals surface area (Å²) in [6, 6.07) is 13.0. The van der Waals surface area contributed by atoms with Crippen LogP contribution in [0.15, 0.2) is 47.4 Å². The van der Waals surface area contributed by atoms with Crippen LogP contribution in [0.3, 0.4) is 0 Å². The Kier molecular flexibility index (Phi) is 4.68. The summed E-state index contributed by atoms with van der Waals surface area (Å²) in [5.41, 5.74) is 1.99. The second kappa shape index (κ2) is 6.70. The van der Waals surface area contributed by atoms with Gasteiger partial charge in [0, 0.05) is 31.9 Å². The van der Waals surface area contributed by atoms with Crippen LogP contribution in [-0.2, 0) is 4.79 Å². The number of nitrogens with one attached hydrogen (secondary N) is 2. The quantitative estimate of drug-likeness (QED) is 0.718. The Hall–Kier alpha value is -1.54. The van der Waals surface area contributed by atoms with E-state index in [1.54, 1.807) is 23.9 Å². The van der Waals surface area contributed by atoms with E-state index in [-0.39, 0.29) is 11.8 Å². The van der Waals surface area contributed by atoms with E-state index in [2.05, 4.69) is 33.2 Å². The number of thioether (sulfide) groups is 1. The molecule has 0 saturated heterocycles. The summed E-state index contributed by atoms with van der Waals surface area (Å²) in [5, 5.41) is 5.72. The molecule has 2 amide bonds. The second-order valence-corrected chi connectivity index (χ2v) is 7.20. The zero-order valence-corrected chi connectivity index (χ0v) is 14.5. The van der Waals surface area contributed by atoms with E-state index in [1.165, 1.54) is 0 Å². The summed E-state index contributed by atoms with van der Waals surface area (Å²) in [7, 11) is 0. The fourth-order valence-electron chi connectivity index (χ4n) is 2.13. The van der Waals surface area contributed by atoms with Gasteiger partial charge in [-0.3, -0.25) is 9.59 Å². The molecule has 1 aliphatic heterocycles. The van der Waals surface area contributed by atoms with Crippen molar-refractivity contribution in [3.8, 4) is 0 Å². The lowest BCUT2D eigenvalue weighted by Crippen LogP contribution is -2.14. The maximum absolute atomic E-state index is 12.3. The third kappa shape index (κ3) is 3.61. The van der Waals surface area contributed by atoms with E-state index >= 15 is 0 Å². The highest BCUT2D eigenvalue weighted by Crippen LogP contribution is 2.31. The van der Waals surface area contributed by atoms with Crippen LogP contribution in [0.2, 0.25) is 0 Å². The Bertz CT molecular complexity index is 749. The molecule has 1 heterocycles. The van der Waals surface area contributed by atoms with Crippen LogP contribution in [0.1, 0.15) is 16.8 Å². The van der Waals surface area contributed by atoms with Crippen LogP contribution < -0.4 is 10.6 Å². The molecular weight excluding hydrogens is 411 g/mol. The number of benzene rings is 2.